The molecule has 62 valence electrons. The van der Waals surface area contributed by atoms with Gasteiger partial charge in [0.05, 0.1) is 11.9 Å². The third kappa shape index (κ3) is 1.51. The molecule has 3 nitrogen and oxygen atoms in total. The van der Waals surface area contributed by atoms with Crippen LogP contribution in [0, 0.1) is 0 Å². The van der Waals surface area contributed by atoms with Crippen LogP contribution in [0.15, 0.2) is 5.10 Å². The fraction of sp³-hybridized carbons (Fsp3) is 0.857. The van der Waals surface area contributed by atoms with Crippen molar-refractivity contribution in [1.82, 2.24) is 5.43 Å². The van der Waals surface area contributed by atoms with Crippen LogP contribution in [0.2, 0.25) is 0 Å². The molecule has 0 bridgehead atoms. The molecule has 2 rings (SSSR count). The summed E-state index contributed by atoms with van der Waals surface area (Å²) in [5.74, 6) is 1.12. The largest absolute Gasteiger partial charge is 0.355 e. The number of nitrogens with one attached hydrogen (secondary N) is 1. The van der Waals surface area contributed by atoms with E-state index >= 15 is 0 Å². The number of nitrogens with zero attached hydrogens (tertiary/aromatic N) is 1. The van der Waals surface area contributed by atoms with Gasteiger partial charge in [-0.3, -0.25) is 5.43 Å². The molecule has 2 aliphatic rings. The maximum absolute atomic E-state index is 5.49. The Morgan fingerprint density at radius 3 is 3.55 bits per heavy atom. The summed E-state index contributed by atoms with van der Waals surface area (Å²) in [4.78, 5) is 0. The molecular formula is C7H12N2OS. The number of hydrazone groups is 1. The van der Waals surface area contributed by atoms with Crippen LogP contribution in [0.1, 0.15) is 13.3 Å². The molecule has 0 spiro atoms. The normalized spacial score (nSPS) is 37.0. The highest BCUT2D eigenvalue weighted by molar-refractivity contribution is 8.00. The van der Waals surface area contributed by atoms with Crippen LogP contribution in [0.25, 0.3) is 0 Å². The quantitative estimate of drug-likeness (QED) is 0.587. The molecule has 11 heavy (non-hydrogen) atoms. The molecule has 2 atom stereocenters. The van der Waals surface area contributed by atoms with E-state index in [4.69, 9.17) is 4.74 Å². The third-order valence-corrected chi connectivity index (χ3v) is 3.17. The number of fused-ring (bicyclic) bond motifs is 1. The Morgan fingerprint density at radius 2 is 2.64 bits per heavy atom. The van der Waals surface area contributed by atoms with Crippen LogP contribution in [0.5, 0.6) is 0 Å². The zero-order valence-corrected chi connectivity index (χ0v) is 7.36. The van der Waals surface area contributed by atoms with Crippen LogP contribution in [0.3, 0.4) is 0 Å². The van der Waals surface area contributed by atoms with Gasteiger partial charge in [-0.05, 0) is 6.92 Å². The van der Waals surface area contributed by atoms with Gasteiger partial charge in [-0.2, -0.15) is 16.9 Å². The molecule has 0 radical (unpaired) electrons. The summed E-state index contributed by atoms with van der Waals surface area (Å²) in [6.45, 7) is 2.91. The molecule has 0 aliphatic carbocycles. The van der Waals surface area contributed by atoms with E-state index in [0.717, 1.165) is 18.8 Å². The Hall–Kier alpha value is -0.220. The molecule has 1 fully saturated rings. The second-order valence-electron chi connectivity index (χ2n) is 2.88. The number of hydrogen-bond donors (Lipinski definition) is 1. The van der Waals surface area contributed by atoms with Gasteiger partial charge >= 0.3 is 0 Å². The lowest BCUT2D eigenvalue weighted by Gasteiger charge is -2.33. The first kappa shape index (κ1) is 7.43. The molecule has 2 unspecified atom stereocenters. The van der Waals surface area contributed by atoms with Gasteiger partial charge in [0.2, 0.25) is 0 Å². The molecule has 0 aromatic carbocycles. The van der Waals surface area contributed by atoms with E-state index < -0.39 is 0 Å². The Balaban J connectivity index is 2.04. The molecule has 1 saturated heterocycles. The van der Waals surface area contributed by atoms with Gasteiger partial charge in [0.1, 0.15) is 0 Å². The van der Waals surface area contributed by atoms with E-state index in [1.54, 1.807) is 0 Å². The third-order valence-electron chi connectivity index (χ3n) is 1.93. The Kier molecular flexibility index (Phi) is 2.05. The Morgan fingerprint density at radius 1 is 1.73 bits per heavy atom. The van der Waals surface area contributed by atoms with Gasteiger partial charge in [-0.15, -0.1) is 0 Å². The lowest BCUT2D eigenvalue weighted by atomic mass is 10.2. The first-order chi connectivity index (χ1) is 5.36. The first-order valence-electron chi connectivity index (χ1n) is 3.88. The predicted octanol–water partition coefficient (Wildman–Crippen LogP) is 0.814. The second-order valence-corrected chi connectivity index (χ2v) is 4.23. The van der Waals surface area contributed by atoms with E-state index in [1.807, 2.05) is 11.8 Å². The van der Waals surface area contributed by atoms with E-state index in [1.165, 1.54) is 5.71 Å². The van der Waals surface area contributed by atoms with Crippen molar-refractivity contribution in [1.29, 1.82) is 0 Å². The molecule has 0 aromatic rings. The summed E-state index contributed by atoms with van der Waals surface area (Å²) in [6, 6.07) is 0. The molecule has 4 heteroatoms. The van der Waals surface area contributed by atoms with E-state index in [9.17, 15) is 0 Å². The van der Waals surface area contributed by atoms with Crippen molar-refractivity contribution in [3.05, 3.63) is 0 Å². The summed E-state index contributed by atoms with van der Waals surface area (Å²) in [6.07, 6.45) is 1.24. The first-order valence-corrected chi connectivity index (χ1v) is 4.93. The van der Waals surface area contributed by atoms with Crippen LogP contribution >= 0.6 is 11.8 Å². The van der Waals surface area contributed by atoms with Crippen molar-refractivity contribution >= 4 is 17.5 Å². The fourth-order valence-electron chi connectivity index (χ4n) is 1.37. The number of hydrogen-bond acceptors (Lipinski definition) is 4. The maximum atomic E-state index is 5.49. The topological polar surface area (TPSA) is 33.6 Å². The molecule has 2 heterocycles. The van der Waals surface area contributed by atoms with Crippen molar-refractivity contribution in [2.75, 3.05) is 12.4 Å². The van der Waals surface area contributed by atoms with Crippen molar-refractivity contribution < 1.29 is 4.74 Å². The lowest BCUT2D eigenvalue weighted by Crippen LogP contribution is -2.45. The van der Waals surface area contributed by atoms with E-state index in [0.29, 0.717) is 5.25 Å². The van der Waals surface area contributed by atoms with Crippen LogP contribution in [-0.2, 0) is 4.74 Å². The summed E-state index contributed by atoms with van der Waals surface area (Å²) in [7, 11) is 0. The summed E-state index contributed by atoms with van der Waals surface area (Å²) in [5, 5.41) is 4.73. The van der Waals surface area contributed by atoms with Gasteiger partial charge in [-0.1, -0.05) is 0 Å². The van der Waals surface area contributed by atoms with Gasteiger partial charge in [0, 0.05) is 17.9 Å². The van der Waals surface area contributed by atoms with Crippen molar-refractivity contribution in [3.8, 4) is 0 Å². The van der Waals surface area contributed by atoms with Gasteiger partial charge < -0.3 is 4.74 Å². The molecule has 1 N–H and O–H groups in total. The number of ether oxygens (including phenoxy) is 1. The second kappa shape index (κ2) is 3.03. The molecule has 2 aliphatic heterocycles. The predicted molar refractivity (Wildman–Crippen MR) is 46.8 cm³/mol. The van der Waals surface area contributed by atoms with Crippen molar-refractivity contribution in [3.63, 3.8) is 0 Å². The van der Waals surface area contributed by atoms with Crippen LogP contribution in [-0.4, -0.2) is 29.5 Å². The van der Waals surface area contributed by atoms with Crippen LogP contribution < -0.4 is 5.43 Å². The number of rotatable bonds is 0. The van der Waals surface area contributed by atoms with E-state index in [-0.39, 0.29) is 6.23 Å². The minimum absolute atomic E-state index is 0.164. The minimum atomic E-state index is 0.164. The molecule has 0 saturated carbocycles. The van der Waals surface area contributed by atoms with Gasteiger partial charge in [0.25, 0.3) is 0 Å². The standard InChI is InChI=1S/C7H12N2OS/c1-5-4-6-7(9-8-5)10-2-3-11-6/h6-7,9H,2-4H2,1H3. The minimum Gasteiger partial charge on any atom is -0.355 e. The molecule has 0 aromatic heterocycles. The monoisotopic (exact) mass is 172 g/mol. The average Bonchev–Trinajstić information content (AvgIpc) is 2.04. The smallest absolute Gasteiger partial charge is 0.155 e. The average molecular weight is 172 g/mol. The Labute approximate surface area is 70.6 Å². The summed E-state index contributed by atoms with van der Waals surface area (Å²) in [5.41, 5.74) is 4.20. The highest BCUT2D eigenvalue weighted by Gasteiger charge is 2.29. The van der Waals surface area contributed by atoms with Gasteiger partial charge in [0.15, 0.2) is 6.23 Å². The van der Waals surface area contributed by atoms with Gasteiger partial charge in [-0.25, -0.2) is 0 Å². The zero-order chi connectivity index (χ0) is 7.68. The highest BCUT2D eigenvalue weighted by atomic mass is 32.2. The zero-order valence-electron chi connectivity index (χ0n) is 6.54. The lowest BCUT2D eigenvalue weighted by molar-refractivity contribution is 0.0300. The van der Waals surface area contributed by atoms with E-state index in [2.05, 4.69) is 17.5 Å². The van der Waals surface area contributed by atoms with Crippen molar-refractivity contribution in [2.45, 2.75) is 24.8 Å². The summed E-state index contributed by atoms with van der Waals surface area (Å²) >= 11 is 1.98. The maximum Gasteiger partial charge on any atom is 0.155 e. The molecule has 0 amide bonds. The Bertz CT molecular complexity index is 183. The van der Waals surface area contributed by atoms with Crippen LogP contribution in [0.4, 0.5) is 0 Å². The number of thioether (sulfide) groups is 1. The SMILES string of the molecule is CC1=NNC2OCCSC2C1. The fourth-order valence-corrected chi connectivity index (χ4v) is 2.53. The highest BCUT2D eigenvalue weighted by Crippen LogP contribution is 2.26. The molecular weight excluding hydrogens is 160 g/mol. The van der Waals surface area contributed by atoms with Crippen molar-refractivity contribution in [2.24, 2.45) is 5.10 Å². The summed E-state index contributed by atoms with van der Waals surface area (Å²) < 4.78 is 5.49.